The van der Waals surface area contributed by atoms with Crippen molar-refractivity contribution in [2.45, 2.75) is 5.03 Å². The molecule has 0 aromatic carbocycles. The van der Waals surface area contributed by atoms with Crippen LogP contribution in [0.25, 0.3) is 0 Å². The van der Waals surface area contributed by atoms with Gasteiger partial charge in [0.15, 0.2) is 0 Å². The molecule has 7 heteroatoms. The summed E-state index contributed by atoms with van der Waals surface area (Å²) in [6.07, 6.45) is 2.53. The summed E-state index contributed by atoms with van der Waals surface area (Å²) in [6.45, 7) is 0. The highest BCUT2D eigenvalue weighted by Crippen LogP contribution is 2.20. The van der Waals surface area contributed by atoms with Crippen LogP contribution in [0.2, 0.25) is 0 Å². The Morgan fingerprint density at radius 1 is 1.42 bits per heavy atom. The Hall–Kier alpha value is -0.880. The Balaban J connectivity index is 3.33. The van der Waals surface area contributed by atoms with E-state index < -0.39 is 9.05 Å². The molecule has 1 aromatic rings. The van der Waals surface area contributed by atoms with Gasteiger partial charge in [0.1, 0.15) is 0 Å². The van der Waals surface area contributed by atoms with Crippen LogP contribution < -0.4 is 4.74 Å². The fourth-order valence-electron chi connectivity index (χ4n) is 0.620. The normalized spacial score (nSPS) is 11.2. The summed E-state index contributed by atoms with van der Waals surface area (Å²) < 4.78 is 26.2. The molecule has 1 aromatic heterocycles. The van der Waals surface area contributed by atoms with Crippen LogP contribution in [-0.2, 0) is 9.05 Å². The van der Waals surface area contributed by atoms with E-state index >= 15 is 0 Å². The van der Waals surface area contributed by atoms with Crippen LogP contribution in [0.3, 0.4) is 0 Å². The van der Waals surface area contributed by atoms with Crippen molar-refractivity contribution in [3.8, 4) is 5.88 Å². The number of hydrogen-bond acceptors (Lipinski definition) is 5. The van der Waals surface area contributed by atoms with E-state index in [9.17, 15) is 8.42 Å². The first-order valence-electron chi connectivity index (χ1n) is 2.85. The Kier molecular flexibility index (Phi) is 2.49. The van der Waals surface area contributed by atoms with Crippen molar-refractivity contribution >= 4 is 19.7 Å². The van der Waals surface area contributed by atoms with Crippen molar-refractivity contribution in [3.05, 3.63) is 12.4 Å². The molecule has 0 aliphatic carbocycles. The molecule has 1 heterocycles. The van der Waals surface area contributed by atoms with Crippen molar-refractivity contribution in [2.75, 3.05) is 7.11 Å². The van der Waals surface area contributed by atoms with Gasteiger partial charge in [0, 0.05) is 23.1 Å². The highest BCUT2D eigenvalue weighted by Gasteiger charge is 2.18. The second-order valence-corrected chi connectivity index (χ2v) is 4.29. The van der Waals surface area contributed by atoms with Gasteiger partial charge < -0.3 is 4.74 Å². The fourth-order valence-corrected chi connectivity index (χ4v) is 1.47. The molecule has 0 aliphatic heterocycles. The summed E-state index contributed by atoms with van der Waals surface area (Å²) in [5.74, 6) is -0.104. The van der Waals surface area contributed by atoms with Gasteiger partial charge in [-0.15, -0.1) is 0 Å². The lowest BCUT2D eigenvalue weighted by molar-refractivity contribution is 0.380. The van der Waals surface area contributed by atoms with Gasteiger partial charge >= 0.3 is 0 Å². The number of ether oxygens (including phenoxy) is 1. The van der Waals surface area contributed by atoms with Crippen molar-refractivity contribution < 1.29 is 13.2 Å². The number of halogens is 1. The summed E-state index contributed by atoms with van der Waals surface area (Å²) in [6, 6.07) is 0. The second-order valence-electron chi connectivity index (χ2n) is 1.81. The van der Waals surface area contributed by atoms with E-state index in [0.717, 1.165) is 0 Å². The highest BCUT2D eigenvalue weighted by atomic mass is 35.7. The predicted octanol–water partition coefficient (Wildman–Crippen LogP) is 0.413. The van der Waals surface area contributed by atoms with Crippen molar-refractivity contribution in [3.63, 3.8) is 0 Å². The van der Waals surface area contributed by atoms with Crippen molar-refractivity contribution in [1.29, 1.82) is 0 Å². The van der Waals surface area contributed by atoms with E-state index in [1.165, 1.54) is 19.5 Å². The fraction of sp³-hybridized carbons (Fsp3) is 0.200. The van der Waals surface area contributed by atoms with Crippen molar-refractivity contribution in [2.24, 2.45) is 0 Å². The van der Waals surface area contributed by atoms with Gasteiger partial charge in [-0.3, -0.25) is 0 Å². The minimum atomic E-state index is -3.87. The predicted molar refractivity (Wildman–Crippen MR) is 41.6 cm³/mol. The largest absolute Gasteiger partial charge is 0.479 e. The summed E-state index contributed by atoms with van der Waals surface area (Å²) in [5, 5.41) is -0.367. The molecule has 0 radical (unpaired) electrons. The van der Waals surface area contributed by atoms with E-state index in [-0.39, 0.29) is 10.9 Å². The lowest BCUT2D eigenvalue weighted by atomic mass is 10.7. The first-order chi connectivity index (χ1) is 5.55. The molecule has 5 nitrogen and oxygen atoms in total. The van der Waals surface area contributed by atoms with Crippen LogP contribution in [0.4, 0.5) is 0 Å². The monoisotopic (exact) mass is 208 g/mol. The molecule has 0 amide bonds. The minimum Gasteiger partial charge on any atom is -0.479 e. The Morgan fingerprint density at radius 3 is 2.42 bits per heavy atom. The third-order valence-electron chi connectivity index (χ3n) is 1.06. The van der Waals surface area contributed by atoms with E-state index in [4.69, 9.17) is 10.7 Å². The van der Waals surface area contributed by atoms with Gasteiger partial charge in [0.05, 0.1) is 7.11 Å². The molecule has 0 saturated heterocycles. The first-order valence-corrected chi connectivity index (χ1v) is 5.16. The molecule has 0 bridgehead atoms. The number of aromatic nitrogens is 2. The average molecular weight is 209 g/mol. The molecule has 1 rings (SSSR count). The lowest BCUT2D eigenvalue weighted by Crippen LogP contribution is -2.00. The van der Waals surface area contributed by atoms with E-state index in [1.807, 2.05) is 0 Å². The molecule has 0 spiro atoms. The second kappa shape index (κ2) is 3.24. The molecule has 66 valence electrons. The summed E-state index contributed by atoms with van der Waals surface area (Å²) in [7, 11) is 2.45. The maximum atomic E-state index is 10.8. The van der Waals surface area contributed by atoms with Crippen LogP contribution in [-0.4, -0.2) is 25.5 Å². The Bertz CT molecular complexity index is 378. The Labute approximate surface area is 73.8 Å². The maximum absolute atomic E-state index is 10.8. The number of nitrogens with zero attached hydrogens (tertiary/aromatic N) is 2. The van der Waals surface area contributed by atoms with E-state index in [2.05, 4.69) is 14.7 Å². The summed E-state index contributed by atoms with van der Waals surface area (Å²) in [4.78, 5) is 7.13. The standard InChI is InChI=1S/C5H5ClN2O3S/c1-11-4-5(12(6,9)10)8-3-2-7-4/h2-3H,1H3. The van der Waals surface area contributed by atoms with Crippen LogP contribution in [0, 0.1) is 0 Å². The molecular formula is C5H5ClN2O3S. The van der Waals surface area contributed by atoms with Gasteiger partial charge in [-0.2, -0.15) is 0 Å². The Morgan fingerprint density at radius 2 is 2.00 bits per heavy atom. The zero-order valence-electron chi connectivity index (χ0n) is 6.06. The molecule has 0 atom stereocenters. The first kappa shape index (κ1) is 9.21. The highest BCUT2D eigenvalue weighted by molar-refractivity contribution is 8.13. The summed E-state index contributed by atoms with van der Waals surface area (Å²) >= 11 is 0. The van der Waals surface area contributed by atoms with Crippen LogP contribution >= 0.6 is 10.7 Å². The maximum Gasteiger partial charge on any atom is 0.284 e. The summed E-state index contributed by atoms with van der Waals surface area (Å²) in [5.41, 5.74) is 0. The topological polar surface area (TPSA) is 69.2 Å². The van der Waals surface area contributed by atoms with Crippen LogP contribution in [0.5, 0.6) is 5.88 Å². The zero-order chi connectivity index (χ0) is 9.19. The minimum absolute atomic E-state index is 0.104. The van der Waals surface area contributed by atoms with Gasteiger partial charge in [-0.25, -0.2) is 18.4 Å². The number of methoxy groups -OCH3 is 1. The number of hydrogen-bond donors (Lipinski definition) is 0. The smallest absolute Gasteiger partial charge is 0.284 e. The van der Waals surface area contributed by atoms with Gasteiger partial charge in [0.2, 0.25) is 5.03 Å². The van der Waals surface area contributed by atoms with Gasteiger partial charge in [-0.05, 0) is 0 Å². The zero-order valence-corrected chi connectivity index (χ0v) is 7.63. The molecule has 12 heavy (non-hydrogen) atoms. The molecule has 0 saturated carbocycles. The third-order valence-corrected chi connectivity index (χ3v) is 2.24. The molecule has 0 fully saturated rings. The average Bonchev–Trinajstić information content (AvgIpc) is 2.03. The van der Waals surface area contributed by atoms with E-state index in [1.54, 1.807) is 0 Å². The third kappa shape index (κ3) is 1.83. The van der Waals surface area contributed by atoms with Crippen molar-refractivity contribution in [1.82, 2.24) is 9.97 Å². The molecule has 0 aliphatic rings. The van der Waals surface area contributed by atoms with Crippen LogP contribution in [0.1, 0.15) is 0 Å². The molecular weight excluding hydrogens is 204 g/mol. The number of rotatable bonds is 2. The molecule has 0 unspecified atom stereocenters. The quantitative estimate of drug-likeness (QED) is 0.659. The van der Waals surface area contributed by atoms with Crippen LogP contribution in [0.15, 0.2) is 17.4 Å². The lowest BCUT2D eigenvalue weighted by Gasteiger charge is -2.00. The molecule has 0 N–H and O–H groups in total. The van der Waals surface area contributed by atoms with Gasteiger partial charge in [0.25, 0.3) is 14.9 Å². The van der Waals surface area contributed by atoms with Gasteiger partial charge in [-0.1, -0.05) is 0 Å². The van der Waals surface area contributed by atoms with E-state index in [0.29, 0.717) is 0 Å². The SMILES string of the molecule is COc1nccnc1S(=O)(=O)Cl.